The number of rotatable bonds is 8. The van der Waals surface area contributed by atoms with Crippen LogP contribution in [0.1, 0.15) is 48.7 Å². The molecule has 0 aliphatic rings. The quantitative estimate of drug-likeness (QED) is 0.515. The van der Waals surface area contributed by atoms with Crippen LogP contribution in [-0.4, -0.2) is 12.9 Å². The smallest absolute Gasteiger partial charge is 0.153 e. The van der Waals surface area contributed by atoms with Gasteiger partial charge in [-0.15, -0.1) is 6.58 Å². The lowest BCUT2D eigenvalue weighted by Crippen LogP contribution is -2.17. The van der Waals surface area contributed by atoms with Crippen molar-refractivity contribution in [2.45, 2.75) is 39.0 Å². The van der Waals surface area contributed by atoms with E-state index in [4.69, 9.17) is 4.74 Å². The first-order chi connectivity index (χ1) is 9.50. The monoisotopic (exact) mass is 272 g/mol. The van der Waals surface area contributed by atoms with Crippen LogP contribution < -0.4 is 4.74 Å². The minimum absolute atomic E-state index is 0.0324. The van der Waals surface area contributed by atoms with Crippen molar-refractivity contribution in [2.24, 2.45) is 0 Å². The highest BCUT2D eigenvalue weighted by Gasteiger charge is 2.21. The van der Waals surface area contributed by atoms with Gasteiger partial charge in [-0.25, -0.2) is 0 Å². The largest absolute Gasteiger partial charge is 0.488 e. The lowest BCUT2D eigenvalue weighted by molar-refractivity contribution is 0.111. The second-order valence-electron chi connectivity index (χ2n) is 5.50. The van der Waals surface area contributed by atoms with Crippen LogP contribution in [-0.2, 0) is 11.8 Å². The Labute approximate surface area is 122 Å². The first-order valence-corrected chi connectivity index (χ1v) is 6.97. The maximum absolute atomic E-state index is 11.4. The molecule has 0 saturated heterocycles. The van der Waals surface area contributed by atoms with Gasteiger partial charge in [0, 0.05) is 0 Å². The molecule has 0 radical (unpaired) electrons. The van der Waals surface area contributed by atoms with Gasteiger partial charge in [0.2, 0.25) is 0 Å². The Morgan fingerprint density at radius 2 is 1.95 bits per heavy atom. The fraction of sp³-hybridized carbons (Fsp3) is 0.389. The van der Waals surface area contributed by atoms with Gasteiger partial charge >= 0.3 is 0 Å². The van der Waals surface area contributed by atoms with Crippen molar-refractivity contribution in [1.29, 1.82) is 0 Å². The molecule has 1 rings (SSSR count). The van der Waals surface area contributed by atoms with Gasteiger partial charge in [0.25, 0.3) is 0 Å². The number of benzene rings is 1. The third kappa shape index (κ3) is 3.60. The Balaban J connectivity index is 3.40. The number of aldehydes is 1. The maximum Gasteiger partial charge on any atom is 0.153 e. The zero-order valence-electron chi connectivity index (χ0n) is 12.7. The molecule has 1 aromatic carbocycles. The Morgan fingerprint density at radius 1 is 1.25 bits per heavy atom. The SMILES string of the molecule is C=CCOc1c(C=O)cc(C(C)(C)CC)cc1CC=C. The van der Waals surface area contributed by atoms with E-state index in [0.717, 1.165) is 23.8 Å². The highest BCUT2D eigenvalue weighted by Crippen LogP contribution is 2.33. The average molecular weight is 272 g/mol. The van der Waals surface area contributed by atoms with Gasteiger partial charge in [0.1, 0.15) is 12.4 Å². The van der Waals surface area contributed by atoms with E-state index in [1.165, 1.54) is 0 Å². The number of allylic oxidation sites excluding steroid dienone is 1. The molecule has 0 fully saturated rings. The third-order valence-electron chi connectivity index (χ3n) is 3.70. The average Bonchev–Trinajstić information content (AvgIpc) is 2.45. The number of hydrogen-bond donors (Lipinski definition) is 0. The van der Waals surface area contributed by atoms with Crippen LogP contribution in [0.5, 0.6) is 5.75 Å². The summed E-state index contributed by atoms with van der Waals surface area (Å²) in [4.78, 5) is 11.4. The van der Waals surface area contributed by atoms with Crippen LogP contribution in [0.2, 0.25) is 0 Å². The van der Waals surface area contributed by atoms with Crippen molar-refractivity contribution in [3.63, 3.8) is 0 Å². The van der Waals surface area contributed by atoms with E-state index in [-0.39, 0.29) is 5.41 Å². The molecule has 0 aliphatic carbocycles. The van der Waals surface area contributed by atoms with E-state index in [1.807, 2.05) is 12.1 Å². The zero-order chi connectivity index (χ0) is 15.2. The summed E-state index contributed by atoms with van der Waals surface area (Å²) in [5.41, 5.74) is 2.79. The maximum atomic E-state index is 11.4. The van der Waals surface area contributed by atoms with Crippen molar-refractivity contribution in [2.75, 3.05) is 6.61 Å². The van der Waals surface area contributed by atoms with E-state index < -0.39 is 0 Å². The molecule has 2 heteroatoms. The molecule has 0 atom stereocenters. The molecule has 108 valence electrons. The van der Waals surface area contributed by atoms with E-state index in [0.29, 0.717) is 24.3 Å². The second kappa shape index (κ2) is 7.09. The van der Waals surface area contributed by atoms with Gasteiger partial charge in [-0.2, -0.15) is 0 Å². The minimum Gasteiger partial charge on any atom is -0.488 e. The number of ether oxygens (including phenoxy) is 1. The Bertz CT molecular complexity index is 498. The van der Waals surface area contributed by atoms with Crippen LogP contribution in [0, 0.1) is 0 Å². The summed E-state index contributed by atoms with van der Waals surface area (Å²) in [5, 5.41) is 0. The van der Waals surface area contributed by atoms with Gasteiger partial charge < -0.3 is 4.74 Å². The van der Waals surface area contributed by atoms with Gasteiger partial charge in [-0.3, -0.25) is 4.79 Å². The molecule has 0 bridgehead atoms. The van der Waals surface area contributed by atoms with E-state index in [1.54, 1.807) is 6.08 Å². The highest BCUT2D eigenvalue weighted by atomic mass is 16.5. The predicted molar refractivity (Wildman–Crippen MR) is 84.7 cm³/mol. The molecule has 0 N–H and O–H groups in total. The molecule has 1 aromatic rings. The third-order valence-corrected chi connectivity index (χ3v) is 3.70. The minimum atomic E-state index is 0.0324. The lowest BCUT2D eigenvalue weighted by atomic mass is 9.80. The molecule has 0 unspecified atom stereocenters. The molecule has 0 amide bonds. The molecule has 0 spiro atoms. The van der Waals surface area contributed by atoms with E-state index in [9.17, 15) is 4.79 Å². The fourth-order valence-electron chi connectivity index (χ4n) is 2.02. The van der Waals surface area contributed by atoms with E-state index in [2.05, 4.69) is 40.0 Å². The first kappa shape index (κ1) is 16.2. The Kier molecular flexibility index (Phi) is 5.75. The van der Waals surface area contributed by atoms with Crippen LogP contribution in [0.4, 0.5) is 0 Å². The lowest BCUT2D eigenvalue weighted by Gasteiger charge is -2.25. The Hall–Kier alpha value is -1.83. The van der Waals surface area contributed by atoms with Crippen LogP contribution >= 0.6 is 0 Å². The number of hydrogen-bond acceptors (Lipinski definition) is 2. The summed E-state index contributed by atoms with van der Waals surface area (Å²) in [6.45, 7) is 14.3. The van der Waals surface area contributed by atoms with Crippen LogP contribution in [0.25, 0.3) is 0 Å². The summed E-state index contributed by atoms with van der Waals surface area (Å²) < 4.78 is 5.67. The van der Waals surface area contributed by atoms with Crippen molar-refractivity contribution in [3.8, 4) is 5.75 Å². The normalized spacial score (nSPS) is 10.9. The summed E-state index contributed by atoms with van der Waals surface area (Å²) in [6.07, 6.45) is 6.05. The van der Waals surface area contributed by atoms with E-state index >= 15 is 0 Å². The van der Waals surface area contributed by atoms with Crippen molar-refractivity contribution < 1.29 is 9.53 Å². The van der Waals surface area contributed by atoms with Gasteiger partial charge in [0.05, 0.1) is 5.56 Å². The predicted octanol–water partition coefficient (Wildman–Crippen LogP) is 4.48. The molecular weight excluding hydrogens is 248 g/mol. The molecule has 0 aromatic heterocycles. The summed E-state index contributed by atoms with van der Waals surface area (Å²) in [6, 6.07) is 4.05. The molecular formula is C18H24O2. The summed E-state index contributed by atoms with van der Waals surface area (Å²) >= 11 is 0. The molecule has 0 saturated carbocycles. The number of carbonyl (C=O) groups excluding carboxylic acids is 1. The van der Waals surface area contributed by atoms with Crippen molar-refractivity contribution >= 4 is 6.29 Å². The first-order valence-electron chi connectivity index (χ1n) is 6.97. The summed E-state index contributed by atoms with van der Waals surface area (Å²) in [7, 11) is 0. The van der Waals surface area contributed by atoms with Gasteiger partial charge in [-0.05, 0) is 35.4 Å². The molecule has 20 heavy (non-hydrogen) atoms. The molecule has 0 aliphatic heterocycles. The van der Waals surface area contributed by atoms with Crippen molar-refractivity contribution in [3.05, 3.63) is 54.1 Å². The fourth-order valence-corrected chi connectivity index (χ4v) is 2.02. The topological polar surface area (TPSA) is 26.3 Å². The number of carbonyl (C=O) groups is 1. The van der Waals surface area contributed by atoms with Crippen LogP contribution in [0.3, 0.4) is 0 Å². The second-order valence-corrected chi connectivity index (χ2v) is 5.50. The van der Waals surface area contributed by atoms with Crippen molar-refractivity contribution in [1.82, 2.24) is 0 Å². The summed E-state index contributed by atoms with van der Waals surface area (Å²) in [5.74, 6) is 0.649. The highest BCUT2D eigenvalue weighted by molar-refractivity contribution is 5.81. The standard InChI is InChI=1S/C18H24O2/c1-6-9-14-11-16(18(4,5)8-3)12-15(13-19)17(14)20-10-7-2/h6-7,11-13H,1-2,8-10H2,3-5H3. The molecule has 2 nitrogen and oxygen atoms in total. The zero-order valence-corrected chi connectivity index (χ0v) is 12.7. The van der Waals surface area contributed by atoms with Gasteiger partial charge in [0.15, 0.2) is 6.29 Å². The van der Waals surface area contributed by atoms with Gasteiger partial charge in [-0.1, -0.05) is 45.6 Å². The van der Waals surface area contributed by atoms with Crippen LogP contribution in [0.15, 0.2) is 37.4 Å². The Morgan fingerprint density at radius 3 is 2.45 bits per heavy atom. The molecule has 0 heterocycles.